The van der Waals surface area contributed by atoms with Gasteiger partial charge in [0.2, 0.25) is 0 Å². The van der Waals surface area contributed by atoms with Crippen LogP contribution in [-0.2, 0) is 6.42 Å². The van der Waals surface area contributed by atoms with Crippen LogP contribution in [0.4, 0.5) is 11.5 Å². The Labute approximate surface area is 121 Å². The van der Waals surface area contributed by atoms with Gasteiger partial charge in [-0.25, -0.2) is 4.98 Å². The number of hydrogen-bond acceptors (Lipinski definition) is 3. The molecule has 0 atom stereocenters. The summed E-state index contributed by atoms with van der Waals surface area (Å²) < 4.78 is 0. The first-order chi connectivity index (χ1) is 9.49. The fourth-order valence-electron chi connectivity index (χ4n) is 2.28. The minimum Gasteiger partial charge on any atom is -0.397 e. The molecule has 0 aliphatic heterocycles. The zero-order chi connectivity index (χ0) is 14.7. The zero-order valence-corrected chi connectivity index (χ0v) is 12.7. The molecular weight excluding hydrogens is 246 g/mol. The molecule has 1 heterocycles. The van der Waals surface area contributed by atoms with Gasteiger partial charge in [0.1, 0.15) is 5.82 Å². The van der Waals surface area contributed by atoms with E-state index in [0.29, 0.717) is 0 Å². The van der Waals surface area contributed by atoms with E-state index >= 15 is 0 Å². The summed E-state index contributed by atoms with van der Waals surface area (Å²) in [6.45, 7) is 9.34. The number of nitrogen functional groups attached to an aromatic ring is 1. The molecule has 1 aromatic carbocycles. The normalized spacial score (nSPS) is 10.6. The molecule has 0 radical (unpaired) electrons. The number of nitrogens with zero attached hydrogens (tertiary/aromatic N) is 1. The summed E-state index contributed by atoms with van der Waals surface area (Å²) in [4.78, 5) is 4.42. The number of nitrogens with two attached hydrogens (primary N) is 1. The van der Waals surface area contributed by atoms with Crippen LogP contribution in [0.15, 0.2) is 24.3 Å². The molecule has 0 unspecified atom stereocenters. The summed E-state index contributed by atoms with van der Waals surface area (Å²) in [7, 11) is 0. The molecule has 0 spiro atoms. The SMILES string of the molecule is Cc1ccc(CCNc2ccc(N)c(C)n2)c(C)c1C. The Morgan fingerprint density at radius 3 is 2.45 bits per heavy atom. The Kier molecular flexibility index (Phi) is 4.28. The second-order valence-electron chi connectivity index (χ2n) is 5.34. The fraction of sp³-hybridized carbons (Fsp3) is 0.353. The van der Waals surface area contributed by atoms with E-state index in [2.05, 4.69) is 43.2 Å². The number of rotatable bonds is 4. The lowest BCUT2D eigenvalue weighted by molar-refractivity contribution is 0.982. The lowest BCUT2D eigenvalue weighted by Crippen LogP contribution is -2.08. The summed E-state index contributed by atoms with van der Waals surface area (Å²) in [5.74, 6) is 0.887. The molecule has 106 valence electrons. The molecule has 20 heavy (non-hydrogen) atoms. The molecule has 0 aliphatic carbocycles. The number of pyridine rings is 1. The Morgan fingerprint density at radius 2 is 1.75 bits per heavy atom. The molecule has 3 nitrogen and oxygen atoms in total. The van der Waals surface area contributed by atoms with Gasteiger partial charge in [0.05, 0.1) is 11.4 Å². The van der Waals surface area contributed by atoms with Gasteiger partial charge < -0.3 is 11.1 Å². The average Bonchev–Trinajstić information content (AvgIpc) is 2.43. The van der Waals surface area contributed by atoms with Crippen molar-refractivity contribution >= 4 is 11.5 Å². The van der Waals surface area contributed by atoms with Gasteiger partial charge in [0.25, 0.3) is 0 Å². The van der Waals surface area contributed by atoms with Crippen LogP contribution < -0.4 is 11.1 Å². The van der Waals surface area contributed by atoms with E-state index in [1.165, 1.54) is 22.3 Å². The number of hydrogen-bond donors (Lipinski definition) is 2. The summed E-state index contributed by atoms with van der Waals surface area (Å²) in [5, 5.41) is 3.36. The summed E-state index contributed by atoms with van der Waals surface area (Å²) in [6, 6.07) is 8.24. The molecule has 2 aromatic rings. The highest BCUT2D eigenvalue weighted by molar-refractivity contribution is 5.49. The van der Waals surface area contributed by atoms with Crippen molar-refractivity contribution in [3.8, 4) is 0 Å². The van der Waals surface area contributed by atoms with Crippen LogP contribution in [-0.4, -0.2) is 11.5 Å². The fourth-order valence-corrected chi connectivity index (χ4v) is 2.28. The predicted molar refractivity (Wildman–Crippen MR) is 86.2 cm³/mol. The van der Waals surface area contributed by atoms with Crippen molar-refractivity contribution < 1.29 is 0 Å². The second kappa shape index (κ2) is 5.95. The zero-order valence-electron chi connectivity index (χ0n) is 12.7. The Hall–Kier alpha value is -2.03. The summed E-state index contributed by atoms with van der Waals surface area (Å²) >= 11 is 0. The van der Waals surface area contributed by atoms with E-state index in [4.69, 9.17) is 5.73 Å². The van der Waals surface area contributed by atoms with Gasteiger partial charge in [0, 0.05) is 6.54 Å². The van der Waals surface area contributed by atoms with Crippen molar-refractivity contribution in [3.05, 3.63) is 52.2 Å². The van der Waals surface area contributed by atoms with E-state index in [0.717, 1.165) is 30.2 Å². The van der Waals surface area contributed by atoms with Gasteiger partial charge in [-0.15, -0.1) is 0 Å². The number of anilines is 2. The van der Waals surface area contributed by atoms with Crippen LogP contribution in [0.2, 0.25) is 0 Å². The van der Waals surface area contributed by atoms with E-state index in [1.807, 2.05) is 19.1 Å². The highest BCUT2D eigenvalue weighted by Gasteiger charge is 2.04. The first-order valence-electron chi connectivity index (χ1n) is 7.01. The maximum Gasteiger partial charge on any atom is 0.126 e. The van der Waals surface area contributed by atoms with Crippen LogP contribution in [0, 0.1) is 27.7 Å². The Bertz CT molecular complexity index is 618. The van der Waals surface area contributed by atoms with E-state index in [1.54, 1.807) is 0 Å². The van der Waals surface area contributed by atoms with E-state index in [-0.39, 0.29) is 0 Å². The van der Waals surface area contributed by atoms with Gasteiger partial charge in [-0.3, -0.25) is 0 Å². The topological polar surface area (TPSA) is 50.9 Å². The summed E-state index contributed by atoms with van der Waals surface area (Å²) in [6.07, 6.45) is 0.998. The Morgan fingerprint density at radius 1 is 1.00 bits per heavy atom. The maximum absolute atomic E-state index is 5.77. The monoisotopic (exact) mass is 269 g/mol. The molecule has 0 aliphatic rings. The molecule has 3 N–H and O–H groups in total. The predicted octanol–water partition coefficient (Wildman–Crippen LogP) is 3.55. The van der Waals surface area contributed by atoms with Crippen LogP contribution in [0.5, 0.6) is 0 Å². The highest BCUT2D eigenvalue weighted by atomic mass is 15.0. The molecule has 0 saturated carbocycles. The second-order valence-corrected chi connectivity index (χ2v) is 5.34. The summed E-state index contributed by atoms with van der Waals surface area (Å²) in [5.41, 5.74) is 12.9. The number of nitrogens with one attached hydrogen (secondary N) is 1. The molecular formula is C17H23N3. The van der Waals surface area contributed by atoms with Crippen LogP contribution in [0.25, 0.3) is 0 Å². The highest BCUT2D eigenvalue weighted by Crippen LogP contribution is 2.18. The minimum atomic E-state index is 0.737. The van der Waals surface area contributed by atoms with Crippen LogP contribution >= 0.6 is 0 Å². The molecule has 2 rings (SSSR count). The maximum atomic E-state index is 5.77. The first kappa shape index (κ1) is 14.4. The molecule has 0 amide bonds. The number of aromatic nitrogens is 1. The largest absolute Gasteiger partial charge is 0.397 e. The van der Waals surface area contributed by atoms with Gasteiger partial charge >= 0.3 is 0 Å². The smallest absolute Gasteiger partial charge is 0.126 e. The van der Waals surface area contributed by atoms with E-state index < -0.39 is 0 Å². The van der Waals surface area contributed by atoms with Gasteiger partial charge in [0.15, 0.2) is 0 Å². The third-order valence-electron chi connectivity index (χ3n) is 4.00. The quantitative estimate of drug-likeness (QED) is 0.892. The number of aryl methyl sites for hydroxylation is 2. The first-order valence-corrected chi connectivity index (χ1v) is 7.01. The third kappa shape index (κ3) is 3.10. The van der Waals surface area contributed by atoms with Gasteiger partial charge in [-0.2, -0.15) is 0 Å². The molecule has 0 saturated heterocycles. The van der Waals surface area contributed by atoms with Crippen molar-refractivity contribution in [2.75, 3.05) is 17.6 Å². The molecule has 0 bridgehead atoms. The van der Waals surface area contributed by atoms with Crippen LogP contribution in [0.3, 0.4) is 0 Å². The Balaban J connectivity index is 1.99. The standard InChI is InChI=1S/C17H23N3/c1-11-5-6-15(13(3)12(11)2)9-10-19-17-8-7-16(18)14(4)20-17/h5-8H,9-10,18H2,1-4H3,(H,19,20). The van der Waals surface area contributed by atoms with Crippen molar-refractivity contribution in [1.29, 1.82) is 0 Å². The lowest BCUT2D eigenvalue weighted by Gasteiger charge is -2.12. The molecule has 0 fully saturated rings. The number of benzene rings is 1. The molecule has 1 aromatic heterocycles. The van der Waals surface area contributed by atoms with Gasteiger partial charge in [-0.1, -0.05) is 12.1 Å². The minimum absolute atomic E-state index is 0.737. The lowest BCUT2D eigenvalue weighted by atomic mass is 9.97. The average molecular weight is 269 g/mol. The van der Waals surface area contributed by atoms with Crippen molar-refractivity contribution in [2.45, 2.75) is 34.1 Å². The van der Waals surface area contributed by atoms with E-state index in [9.17, 15) is 0 Å². The third-order valence-corrected chi connectivity index (χ3v) is 4.00. The van der Waals surface area contributed by atoms with Gasteiger partial charge in [-0.05, 0) is 68.5 Å². The van der Waals surface area contributed by atoms with Crippen molar-refractivity contribution in [3.63, 3.8) is 0 Å². The van der Waals surface area contributed by atoms with Crippen molar-refractivity contribution in [1.82, 2.24) is 4.98 Å². The molecule has 3 heteroatoms. The van der Waals surface area contributed by atoms with Crippen LogP contribution in [0.1, 0.15) is 27.9 Å². The van der Waals surface area contributed by atoms with Crippen molar-refractivity contribution in [2.24, 2.45) is 0 Å².